The smallest absolute Gasteiger partial charge is 0.0683 e. The first-order valence-corrected chi connectivity index (χ1v) is 5.92. The highest BCUT2D eigenvalue weighted by atomic mass is 16.5. The molecule has 1 aliphatic heterocycles. The van der Waals surface area contributed by atoms with Crippen molar-refractivity contribution in [3.8, 4) is 0 Å². The molecule has 0 aromatic heterocycles. The van der Waals surface area contributed by atoms with Crippen molar-refractivity contribution in [2.24, 2.45) is 5.41 Å². The van der Waals surface area contributed by atoms with Gasteiger partial charge in [-0.1, -0.05) is 19.4 Å². The van der Waals surface area contributed by atoms with Crippen molar-refractivity contribution in [3.63, 3.8) is 0 Å². The summed E-state index contributed by atoms with van der Waals surface area (Å²) in [6, 6.07) is 0. The van der Waals surface area contributed by atoms with Crippen LogP contribution < -0.4 is 0 Å². The van der Waals surface area contributed by atoms with Crippen LogP contribution >= 0.6 is 0 Å². The maximum absolute atomic E-state index is 5.81. The normalized spacial score (nSPS) is 32.4. The molecule has 0 radical (unpaired) electrons. The molecule has 1 nitrogen and oxygen atoms in total. The molecule has 1 heterocycles. The summed E-state index contributed by atoms with van der Waals surface area (Å²) in [6.07, 6.45) is 6.93. The second kappa shape index (κ2) is 3.69. The van der Waals surface area contributed by atoms with E-state index in [2.05, 4.69) is 20.8 Å². The Hall–Kier alpha value is -0.300. The van der Waals surface area contributed by atoms with E-state index >= 15 is 0 Å². The fourth-order valence-corrected chi connectivity index (χ4v) is 2.87. The van der Waals surface area contributed by atoms with Gasteiger partial charge in [-0.15, -0.1) is 0 Å². The number of hydrogen-bond acceptors (Lipinski definition) is 1. The van der Waals surface area contributed by atoms with E-state index in [-0.39, 0.29) is 0 Å². The van der Waals surface area contributed by atoms with E-state index in [4.69, 9.17) is 4.74 Å². The molecule has 1 unspecified atom stereocenters. The molecule has 0 saturated heterocycles. The zero-order chi connectivity index (χ0) is 10.2. The highest BCUT2D eigenvalue weighted by molar-refractivity contribution is 5.25. The van der Waals surface area contributed by atoms with Crippen LogP contribution in [-0.4, -0.2) is 12.7 Å². The van der Waals surface area contributed by atoms with Gasteiger partial charge in [-0.2, -0.15) is 0 Å². The number of hydrogen-bond donors (Lipinski definition) is 0. The van der Waals surface area contributed by atoms with E-state index in [1.165, 1.54) is 32.1 Å². The lowest BCUT2D eigenvalue weighted by Crippen LogP contribution is -2.21. The minimum absolute atomic E-state index is 0.445. The number of allylic oxidation sites excluding steroid dienone is 1. The summed E-state index contributed by atoms with van der Waals surface area (Å²) in [5.74, 6) is 0. The summed E-state index contributed by atoms with van der Waals surface area (Å²) < 4.78 is 5.81. The first kappa shape index (κ1) is 10.2. The van der Waals surface area contributed by atoms with Crippen molar-refractivity contribution in [3.05, 3.63) is 11.1 Å². The van der Waals surface area contributed by atoms with Gasteiger partial charge in [0.1, 0.15) is 0 Å². The predicted molar refractivity (Wildman–Crippen MR) is 59.3 cm³/mol. The van der Waals surface area contributed by atoms with E-state index in [9.17, 15) is 0 Å². The van der Waals surface area contributed by atoms with Crippen molar-refractivity contribution in [1.82, 2.24) is 0 Å². The molecular formula is C13H22O. The Morgan fingerprint density at radius 1 is 1.29 bits per heavy atom. The molecule has 0 amide bonds. The first-order chi connectivity index (χ1) is 6.59. The van der Waals surface area contributed by atoms with Gasteiger partial charge in [0.15, 0.2) is 0 Å². The quantitative estimate of drug-likeness (QED) is 0.534. The zero-order valence-electron chi connectivity index (χ0n) is 9.73. The fourth-order valence-electron chi connectivity index (χ4n) is 2.87. The molecular weight excluding hydrogens is 172 g/mol. The van der Waals surface area contributed by atoms with Crippen molar-refractivity contribution in [1.29, 1.82) is 0 Å². The maximum Gasteiger partial charge on any atom is 0.0683 e. The summed E-state index contributed by atoms with van der Waals surface area (Å²) in [4.78, 5) is 0. The van der Waals surface area contributed by atoms with E-state index in [0.717, 1.165) is 6.61 Å². The summed E-state index contributed by atoms with van der Waals surface area (Å²) in [7, 11) is 0. The largest absolute Gasteiger partial charge is 0.374 e. The van der Waals surface area contributed by atoms with Crippen LogP contribution in [0.1, 0.15) is 52.9 Å². The molecule has 0 aromatic carbocycles. The van der Waals surface area contributed by atoms with Gasteiger partial charge in [0.25, 0.3) is 0 Å². The molecule has 1 aliphatic carbocycles. The molecule has 0 spiro atoms. The summed E-state index contributed by atoms with van der Waals surface area (Å²) >= 11 is 0. The average molecular weight is 194 g/mol. The highest BCUT2D eigenvalue weighted by Crippen LogP contribution is 2.43. The van der Waals surface area contributed by atoms with Crippen molar-refractivity contribution in [2.75, 3.05) is 6.61 Å². The summed E-state index contributed by atoms with van der Waals surface area (Å²) in [5, 5.41) is 0. The molecule has 0 aromatic rings. The number of ether oxygens (including phenoxy) is 1. The Morgan fingerprint density at radius 3 is 2.86 bits per heavy atom. The standard InChI is InChI=1S/C13H22O/c1-10-6-7-12-11(9-14-10)5-4-8-13(12,2)3/h10H,4-9H2,1-3H3. The summed E-state index contributed by atoms with van der Waals surface area (Å²) in [5.41, 5.74) is 3.78. The fraction of sp³-hybridized carbons (Fsp3) is 0.846. The van der Waals surface area contributed by atoms with E-state index < -0.39 is 0 Å². The van der Waals surface area contributed by atoms with Crippen LogP contribution in [0.2, 0.25) is 0 Å². The Bertz CT molecular complexity index is 250. The third-order valence-corrected chi connectivity index (χ3v) is 3.87. The Labute approximate surface area is 87.5 Å². The molecule has 0 saturated carbocycles. The number of rotatable bonds is 0. The average Bonchev–Trinajstić information content (AvgIpc) is 2.29. The molecule has 1 atom stereocenters. The van der Waals surface area contributed by atoms with Gasteiger partial charge in [-0.3, -0.25) is 0 Å². The SMILES string of the molecule is CC1CCC2=C(CCCC2(C)C)CO1. The topological polar surface area (TPSA) is 9.23 Å². The second-order valence-corrected chi connectivity index (χ2v) is 5.48. The highest BCUT2D eigenvalue weighted by Gasteiger charge is 2.31. The maximum atomic E-state index is 5.81. The molecule has 1 heteroatoms. The van der Waals surface area contributed by atoms with Crippen LogP contribution in [0, 0.1) is 5.41 Å². The van der Waals surface area contributed by atoms with E-state index in [1.54, 1.807) is 11.1 Å². The van der Waals surface area contributed by atoms with Gasteiger partial charge < -0.3 is 4.74 Å². The van der Waals surface area contributed by atoms with Crippen molar-refractivity contribution in [2.45, 2.75) is 59.0 Å². The Morgan fingerprint density at radius 2 is 2.07 bits per heavy atom. The van der Waals surface area contributed by atoms with Crippen molar-refractivity contribution >= 4 is 0 Å². The van der Waals surface area contributed by atoms with Gasteiger partial charge in [0.2, 0.25) is 0 Å². The van der Waals surface area contributed by atoms with Gasteiger partial charge >= 0.3 is 0 Å². The minimum atomic E-state index is 0.445. The predicted octanol–water partition coefficient (Wildman–Crippen LogP) is 3.69. The molecule has 80 valence electrons. The monoisotopic (exact) mass is 194 g/mol. The van der Waals surface area contributed by atoms with Gasteiger partial charge in [0, 0.05) is 0 Å². The second-order valence-electron chi connectivity index (χ2n) is 5.48. The first-order valence-electron chi connectivity index (χ1n) is 5.92. The molecule has 2 rings (SSSR count). The third-order valence-electron chi connectivity index (χ3n) is 3.87. The lowest BCUT2D eigenvalue weighted by Gasteiger charge is -2.34. The zero-order valence-corrected chi connectivity index (χ0v) is 9.73. The van der Waals surface area contributed by atoms with E-state index in [1.807, 2.05) is 0 Å². The lowest BCUT2D eigenvalue weighted by atomic mass is 9.71. The van der Waals surface area contributed by atoms with Crippen LogP contribution in [0.15, 0.2) is 11.1 Å². The van der Waals surface area contributed by atoms with E-state index in [0.29, 0.717) is 11.5 Å². The molecule has 0 N–H and O–H groups in total. The Balaban J connectivity index is 2.23. The van der Waals surface area contributed by atoms with Gasteiger partial charge in [0.05, 0.1) is 12.7 Å². The van der Waals surface area contributed by atoms with Crippen LogP contribution in [0.5, 0.6) is 0 Å². The Kier molecular flexibility index (Phi) is 2.70. The van der Waals surface area contributed by atoms with Crippen LogP contribution in [-0.2, 0) is 4.74 Å². The van der Waals surface area contributed by atoms with Crippen LogP contribution in [0.3, 0.4) is 0 Å². The minimum Gasteiger partial charge on any atom is -0.374 e. The molecule has 14 heavy (non-hydrogen) atoms. The van der Waals surface area contributed by atoms with Gasteiger partial charge in [-0.25, -0.2) is 0 Å². The summed E-state index contributed by atoms with van der Waals surface area (Å²) in [6.45, 7) is 7.90. The molecule has 2 aliphatic rings. The van der Waals surface area contributed by atoms with Crippen molar-refractivity contribution < 1.29 is 4.74 Å². The molecule has 0 fully saturated rings. The van der Waals surface area contributed by atoms with Crippen LogP contribution in [0.4, 0.5) is 0 Å². The third kappa shape index (κ3) is 1.88. The molecule has 0 bridgehead atoms. The lowest BCUT2D eigenvalue weighted by molar-refractivity contribution is 0.0815. The van der Waals surface area contributed by atoms with Gasteiger partial charge in [-0.05, 0) is 50.0 Å². The van der Waals surface area contributed by atoms with Crippen LogP contribution in [0.25, 0.3) is 0 Å².